The fraction of sp³-hybridized carbons (Fsp3) is 0.333. The summed E-state index contributed by atoms with van der Waals surface area (Å²) in [6.45, 7) is 0.960. The molecule has 2 rings (SSSR count). The minimum Gasteiger partial charge on any atom is -0.872 e. The van der Waals surface area contributed by atoms with E-state index in [0.29, 0.717) is 0 Å². The molecule has 0 radical (unpaired) electrons. The molecule has 0 fully saturated rings. The van der Waals surface area contributed by atoms with Gasteiger partial charge in [-0.1, -0.05) is 17.9 Å². The third-order valence-electron chi connectivity index (χ3n) is 2.58. The van der Waals surface area contributed by atoms with Crippen LogP contribution in [0.15, 0.2) is 24.4 Å². The number of hydrogen-bond donors (Lipinski definition) is 1. The molecule has 1 aromatic heterocycles. The Kier molecular flexibility index (Phi) is 5.50. The van der Waals surface area contributed by atoms with Crippen LogP contribution in [0.25, 0.3) is 10.9 Å². The van der Waals surface area contributed by atoms with Crippen molar-refractivity contribution >= 4 is 10.9 Å². The van der Waals surface area contributed by atoms with Crippen molar-refractivity contribution < 1.29 is 56.5 Å². The van der Waals surface area contributed by atoms with E-state index in [1.165, 1.54) is 0 Å². The van der Waals surface area contributed by atoms with Crippen molar-refractivity contribution in [3.05, 3.63) is 30.0 Å². The molecule has 0 saturated carbocycles. The normalized spacial score (nSPS) is 10.7. The van der Waals surface area contributed by atoms with Crippen LogP contribution in [-0.2, 0) is 6.42 Å². The fourth-order valence-electron chi connectivity index (χ4n) is 1.76. The first-order chi connectivity index (χ1) is 7.18. The Labute approximate surface area is 138 Å². The summed E-state index contributed by atoms with van der Waals surface area (Å²) in [6, 6.07) is 5.35. The van der Waals surface area contributed by atoms with Crippen molar-refractivity contribution in [3.63, 3.8) is 0 Å². The molecule has 0 aliphatic carbocycles. The molecule has 0 spiro atoms. The molecule has 16 heavy (non-hydrogen) atoms. The third kappa shape index (κ3) is 3.09. The summed E-state index contributed by atoms with van der Waals surface area (Å²) in [5.41, 5.74) is 2.06. The van der Waals surface area contributed by atoms with E-state index in [-0.39, 0.29) is 57.1 Å². The average Bonchev–Trinajstić information content (AvgIpc) is 2.59. The zero-order chi connectivity index (χ0) is 10.8. The van der Waals surface area contributed by atoms with E-state index in [2.05, 4.69) is 9.88 Å². The maximum absolute atomic E-state index is 11.7. The molecule has 0 aliphatic heterocycles. The van der Waals surface area contributed by atoms with Gasteiger partial charge in [-0.25, -0.2) is 0 Å². The molecular formula is C12H15KN2O. The van der Waals surface area contributed by atoms with Gasteiger partial charge < -0.3 is 15.0 Å². The van der Waals surface area contributed by atoms with Crippen LogP contribution < -0.4 is 56.5 Å². The summed E-state index contributed by atoms with van der Waals surface area (Å²) >= 11 is 0. The molecule has 2 aromatic rings. The minimum atomic E-state index is 0. The third-order valence-corrected chi connectivity index (χ3v) is 2.58. The molecule has 0 saturated heterocycles. The predicted molar refractivity (Wildman–Crippen MR) is 60.0 cm³/mol. The van der Waals surface area contributed by atoms with E-state index in [1.54, 1.807) is 12.1 Å². The second kappa shape index (κ2) is 6.19. The number of hydrogen-bond acceptors (Lipinski definition) is 2. The molecule has 0 amide bonds. The number of aromatic nitrogens is 1. The standard InChI is InChI=1S/C12H16N2O.K/c1-14(2)7-6-9-8-13-10-4-3-5-11(15)12(9)10;/h3-5,8,13,15H,6-7H2,1-2H3;/q;+1/p-1. The Morgan fingerprint density at radius 1 is 1.31 bits per heavy atom. The van der Waals surface area contributed by atoms with Gasteiger partial charge in [-0.05, 0) is 37.5 Å². The van der Waals surface area contributed by atoms with E-state index in [1.807, 2.05) is 26.4 Å². The van der Waals surface area contributed by atoms with Crippen LogP contribution in [0.2, 0.25) is 0 Å². The summed E-state index contributed by atoms with van der Waals surface area (Å²) in [6.07, 6.45) is 2.85. The summed E-state index contributed by atoms with van der Waals surface area (Å²) in [4.78, 5) is 5.25. The van der Waals surface area contributed by atoms with Crippen LogP contribution >= 0.6 is 0 Å². The smallest absolute Gasteiger partial charge is 0.872 e. The van der Waals surface area contributed by atoms with Crippen LogP contribution in [-0.4, -0.2) is 30.5 Å². The molecule has 1 aromatic carbocycles. The number of benzene rings is 1. The number of nitrogens with one attached hydrogen (secondary N) is 1. The number of rotatable bonds is 3. The molecule has 80 valence electrons. The van der Waals surface area contributed by atoms with Crippen LogP contribution in [0.4, 0.5) is 0 Å². The van der Waals surface area contributed by atoms with Crippen molar-refractivity contribution in [2.24, 2.45) is 0 Å². The quantitative estimate of drug-likeness (QED) is 0.655. The van der Waals surface area contributed by atoms with Crippen molar-refractivity contribution in [1.82, 2.24) is 9.88 Å². The summed E-state index contributed by atoms with van der Waals surface area (Å²) in [5.74, 6) is 0.113. The van der Waals surface area contributed by atoms with E-state index in [0.717, 1.165) is 29.4 Å². The van der Waals surface area contributed by atoms with Gasteiger partial charge >= 0.3 is 51.4 Å². The Morgan fingerprint density at radius 3 is 2.75 bits per heavy atom. The molecule has 4 heteroatoms. The van der Waals surface area contributed by atoms with Gasteiger partial charge in [-0.2, -0.15) is 0 Å². The first-order valence-corrected chi connectivity index (χ1v) is 5.09. The van der Waals surface area contributed by atoms with E-state index >= 15 is 0 Å². The van der Waals surface area contributed by atoms with Gasteiger partial charge in [0.05, 0.1) is 0 Å². The summed E-state index contributed by atoms with van der Waals surface area (Å²) in [5, 5.41) is 12.5. The van der Waals surface area contributed by atoms with Crippen molar-refractivity contribution in [2.75, 3.05) is 20.6 Å². The maximum atomic E-state index is 11.7. The Bertz CT molecular complexity index is 465. The molecule has 0 aliphatic rings. The SMILES string of the molecule is CN(C)CCc1c[nH]c2cccc([O-])c12.[K+]. The van der Waals surface area contributed by atoms with Crippen LogP contribution in [0.5, 0.6) is 5.75 Å². The van der Waals surface area contributed by atoms with E-state index in [4.69, 9.17) is 0 Å². The molecule has 0 unspecified atom stereocenters. The molecule has 1 heterocycles. The number of H-pyrrole nitrogens is 1. The molecular weight excluding hydrogens is 227 g/mol. The second-order valence-electron chi connectivity index (χ2n) is 4.05. The number of nitrogens with zero attached hydrogens (tertiary/aromatic N) is 1. The number of likely N-dealkylation sites (N-methyl/N-ethyl adjacent to an activating group) is 1. The molecule has 1 N–H and O–H groups in total. The van der Waals surface area contributed by atoms with Crippen molar-refractivity contribution in [2.45, 2.75) is 6.42 Å². The van der Waals surface area contributed by atoms with Crippen LogP contribution in [0.1, 0.15) is 5.56 Å². The maximum Gasteiger partial charge on any atom is 1.00 e. The molecule has 0 bridgehead atoms. The Balaban J connectivity index is 0.00000128. The Hall–Kier alpha value is 0.156. The largest absolute Gasteiger partial charge is 1.00 e. The van der Waals surface area contributed by atoms with Crippen molar-refractivity contribution in [3.8, 4) is 5.75 Å². The van der Waals surface area contributed by atoms with Gasteiger partial charge in [-0.15, -0.1) is 0 Å². The minimum absolute atomic E-state index is 0. The van der Waals surface area contributed by atoms with Crippen LogP contribution in [0, 0.1) is 0 Å². The summed E-state index contributed by atoms with van der Waals surface area (Å²) in [7, 11) is 4.07. The van der Waals surface area contributed by atoms with E-state index < -0.39 is 0 Å². The van der Waals surface area contributed by atoms with Gasteiger partial charge in [0.15, 0.2) is 0 Å². The molecule has 0 atom stereocenters. The zero-order valence-electron chi connectivity index (χ0n) is 10.1. The topological polar surface area (TPSA) is 42.1 Å². The van der Waals surface area contributed by atoms with Crippen LogP contribution in [0.3, 0.4) is 0 Å². The van der Waals surface area contributed by atoms with Gasteiger partial charge in [0.1, 0.15) is 0 Å². The van der Waals surface area contributed by atoms with Gasteiger partial charge in [-0.3, -0.25) is 0 Å². The zero-order valence-corrected chi connectivity index (χ0v) is 13.2. The molecule has 3 nitrogen and oxygen atoms in total. The monoisotopic (exact) mass is 242 g/mol. The summed E-state index contributed by atoms with van der Waals surface area (Å²) < 4.78 is 0. The van der Waals surface area contributed by atoms with Gasteiger partial charge in [0, 0.05) is 18.3 Å². The first kappa shape index (κ1) is 14.2. The number of aromatic amines is 1. The second-order valence-corrected chi connectivity index (χ2v) is 4.05. The first-order valence-electron chi connectivity index (χ1n) is 5.09. The van der Waals surface area contributed by atoms with E-state index in [9.17, 15) is 5.11 Å². The number of fused-ring (bicyclic) bond motifs is 1. The fourth-order valence-corrected chi connectivity index (χ4v) is 1.76. The van der Waals surface area contributed by atoms with Gasteiger partial charge in [0.2, 0.25) is 0 Å². The Morgan fingerprint density at radius 2 is 2.06 bits per heavy atom. The average molecular weight is 242 g/mol. The predicted octanol–water partition coefficient (Wildman–Crippen LogP) is -1.65. The van der Waals surface area contributed by atoms with Crippen molar-refractivity contribution in [1.29, 1.82) is 0 Å². The van der Waals surface area contributed by atoms with Gasteiger partial charge in [0.25, 0.3) is 0 Å².